The van der Waals surface area contributed by atoms with Gasteiger partial charge >= 0.3 is 66.7 Å². The number of hydrogen-bond acceptors (Lipinski definition) is 1. The SMILES string of the molecule is [OH][Pt]([Cl])([Cl])([Cl])([Cl])([Cl])[Cl]. The zero-order valence-electron chi connectivity index (χ0n) is 3.03. The molecule has 1 N–H and O–H groups in total. The molecular weight excluding hydrogens is 424 g/mol. The molecule has 0 fully saturated rings. The molecule has 0 aromatic carbocycles. The van der Waals surface area contributed by atoms with Crippen LogP contribution in [0.2, 0.25) is 0 Å². The van der Waals surface area contributed by atoms with Gasteiger partial charge in [-0.3, -0.25) is 0 Å². The molecule has 0 spiro atoms. The van der Waals surface area contributed by atoms with Crippen LogP contribution >= 0.6 is 56.5 Å². The van der Waals surface area contributed by atoms with Crippen molar-refractivity contribution in [1.82, 2.24) is 0 Å². The molecule has 0 aliphatic carbocycles. The Morgan fingerprint density at radius 1 is 0.750 bits per heavy atom. The fourth-order valence-corrected chi connectivity index (χ4v) is 0. The van der Waals surface area contributed by atoms with Gasteiger partial charge in [0.15, 0.2) is 0 Å². The molecule has 0 aromatic rings. The van der Waals surface area contributed by atoms with Crippen LogP contribution in [-0.4, -0.2) is 3.76 Å². The fraction of sp³-hybridized carbons (Fsp3) is 0. The molecule has 0 aliphatic heterocycles. The van der Waals surface area contributed by atoms with Crippen LogP contribution in [0.4, 0.5) is 0 Å². The summed E-state index contributed by atoms with van der Waals surface area (Å²) in [4.78, 5) is 0. The van der Waals surface area contributed by atoms with Gasteiger partial charge < -0.3 is 0 Å². The van der Waals surface area contributed by atoms with Gasteiger partial charge in [0.25, 0.3) is 0 Å². The molecule has 0 amide bonds. The fourth-order valence-electron chi connectivity index (χ4n) is 0. The van der Waals surface area contributed by atoms with Crippen molar-refractivity contribution in [2.24, 2.45) is 0 Å². The molecule has 0 bridgehead atoms. The second kappa shape index (κ2) is 1.21. The summed E-state index contributed by atoms with van der Waals surface area (Å²) in [6.45, 7) is 0. The molecule has 0 rings (SSSR count). The molecule has 0 saturated carbocycles. The zero-order valence-corrected chi connectivity index (χ0v) is 9.84. The van der Waals surface area contributed by atoms with Crippen LogP contribution in [0.3, 0.4) is 0 Å². The first-order chi connectivity index (χ1) is 2.65. The van der Waals surface area contributed by atoms with E-state index in [0.29, 0.717) is 0 Å². The van der Waals surface area contributed by atoms with E-state index in [4.69, 9.17) is 60.3 Å². The third-order valence-electron chi connectivity index (χ3n) is 0. The van der Waals surface area contributed by atoms with E-state index in [1.807, 2.05) is 0 Å². The summed E-state index contributed by atoms with van der Waals surface area (Å²) in [6.07, 6.45) is -6.84. The molecule has 59 valence electrons. The van der Waals surface area contributed by atoms with Gasteiger partial charge in [-0.05, 0) is 0 Å². The average Bonchev–Trinajstić information content (AvgIpc) is 0.544. The summed E-state index contributed by atoms with van der Waals surface area (Å²) in [7, 11) is 29.1. The van der Waals surface area contributed by atoms with Gasteiger partial charge in [0.05, 0.1) is 0 Å². The molecule has 8 heteroatoms. The van der Waals surface area contributed by atoms with Crippen LogP contribution in [0, 0.1) is 0 Å². The molecule has 0 aliphatic rings. The van der Waals surface area contributed by atoms with E-state index in [-0.39, 0.29) is 0 Å². The third-order valence-corrected chi connectivity index (χ3v) is 0. The first-order valence-corrected chi connectivity index (χ1v) is 18.8. The Hall–Kier alpha value is 2.39. The molecule has 0 atom stereocenters. The van der Waals surface area contributed by atoms with Crippen LogP contribution in [0.25, 0.3) is 0 Å². The van der Waals surface area contributed by atoms with Crippen molar-refractivity contribution in [3.63, 3.8) is 0 Å². The summed E-state index contributed by atoms with van der Waals surface area (Å²) in [5, 5.41) is 0. The first kappa shape index (κ1) is 10.4. The summed E-state index contributed by atoms with van der Waals surface area (Å²) in [5.74, 6) is 0. The first-order valence-electron chi connectivity index (χ1n) is 0.859. The third kappa shape index (κ3) is 80.3. The Labute approximate surface area is 65.9 Å². The number of rotatable bonds is 0. The maximum atomic E-state index is 8.68. The molecule has 0 unspecified atom stereocenters. The van der Waals surface area contributed by atoms with Crippen LogP contribution in [0.15, 0.2) is 0 Å². The van der Waals surface area contributed by atoms with E-state index in [1.54, 1.807) is 0 Å². The van der Waals surface area contributed by atoms with Crippen LogP contribution in [-0.2, 0) is 6.44 Å². The van der Waals surface area contributed by atoms with Crippen molar-refractivity contribution >= 4 is 56.5 Å². The summed E-state index contributed by atoms with van der Waals surface area (Å²) >= 11 is 0. The minimum absolute atomic E-state index is 4.85. The predicted molar refractivity (Wildman–Crippen MR) is 37.3 cm³/mol. The Kier molecular flexibility index (Phi) is 1.57. The monoisotopic (exact) mass is 422 g/mol. The van der Waals surface area contributed by atoms with Crippen LogP contribution in [0.5, 0.6) is 0 Å². The van der Waals surface area contributed by atoms with Crippen LogP contribution in [0.1, 0.15) is 0 Å². The topological polar surface area (TPSA) is 20.2 Å². The minimum atomic E-state index is -6.84. The van der Waals surface area contributed by atoms with Gasteiger partial charge in [-0.2, -0.15) is 0 Å². The number of halogens is 6. The Morgan fingerprint density at radius 2 is 0.750 bits per heavy atom. The van der Waals surface area contributed by atoms with E-state index in [2.05, 4.69) is 0 Å². The van der Waals surface area contributed by atoms with Crippen molar-refractivity contribution in [2.45, 2.75) is 0 Å². The van der Waals surface area contributed by atoms with Gasteiger partial charge in [-0.15, -0.1) is 0 Å². The quantitative estimate of drug-likeness (QED) is 0.630. The van der Waals surface area contributed by atoms with Crippen molar-refractivity contribution in [3.05, 3.63) is 0 Å². The van der Waals surface area contributed by atoms with Gasteiger partial charge in [0.1, 0.15) is 0 Å². The second-order valence-corrected chi connectivity index (χ2v) is 57.8. The molecule has 0 aromatic heterocycles. The van der Waals surface area contributed by atoms with Crippen molar-refractivity contribution < 1.29 is 10.2 Å². The standard InChI is InChI=1S/6ClH.H2O.Pt/h6*1H;1H2;/q;;;;;;;+7/p-7. The molecule has 0 radical (unpaired) electrons. The summed E-state index contributed by atoms with van der Waals surface area (Å²) < 4.78 is 8.68. The zero-order chi connectivity index (χ0) is 7.38. The Bertz CT molecular complexity index is 101. The predicted octanol–water partition coefficient (Wildman–Crippen LogP) is 3.58. The molecule has 1 nitrogen and oxygen atoms in total. The normalized spacial score (nSPS) is 27.1. The molecule has 8 heavy (non-hydrogen) atoms. The van der Waals surface area contributed by atoms with E-state index in [9.17, 15) is 0 Å². The Balaban J connectivity index is 5.14. The van der Waals surface area contributed by atoms with Crippen molar-refractivity contribution in [2.75, 3.05) is 0 Å². The van der Waals surface area contributed by atoms with E-state index in [1.165, 1.54) is 0 Å². The maximum absolute atomic E-state index is 8.68. The van der Waals surface area contributed by atoms with E-state index < -0.39 is 6.44 Å². The van der Waals surface area contributed by atoms with Gasteiger partial charge in [0, 0.05) is 0 Å². The Morgan fingerprint density at radius 3 is 0.750 bits per heavy atom. The van der Waals surface area contributed by atoms with Crippen molar-refractivity contribution in [1.29, 1.82) is 0 Å². The number of hydrogen-bond donors (Lipinski definition) is 1. The molecule has 0 saturated heterocycles. The summed E-state index contributed by atoms with van der Waals surface area (Å²) in [5.41, 5.74) is 0. The van der Waals surface area contributed by atoms with Gasteiger partial charge in [-0.1, -0.05) is 0 Å². The second-order valence-electron chi connectivity index (χ2n) is 0.998. The summed E-state index contributed by atoms with van der Waals surface area (Å²) in [6, 6.07) is 0. The molecular formula is HCl6OPt. The van der Waals surface area contributed by atoms with Gasteiger partial charge in [-0.25, -0.2) is 0 Å². The van der Waals surface area contributed by atoms with E-state index in [0.717, 1.165) is 0 Å². The average molecular weight is 425 g/mol. The van der Waals surface area contributed by atoms with E-state index >= 15 is 0 Å². The molecule has 0 heterocycles. The van der Waals surface area contributed by atoms with Crippen molar-refractivity contribution in [3.8, 4) is 0 Å². The van der Waals surface area contributed by atoms with Crippen LogP contribution < -0.4 is 0 Å². The van der Waals surface area contributed by atoms with Gasteiger partial charge in [0.2, 0.25) is 0 Å².